The molecule has 6 heteroatoms. The molecular formula is C14H13N5O. The van der Waals surface area contributed by atoms with E-state index in [-0.39, 0.29) is 5.96 Å². The third kappa shape index (κ3) is 1.98. The SMILES string of the molecule is N=C(N(O)c1cccc2ccccc12)n1cc(N)cn1. The smallest absolute Gasteiger partial charge is 0.248 e. The summed E-state index contributed by atoms with van der Waals surface area (Å²) in [5, 5.41) is 24.8. The molecule has 0 saturated heterocycles. The van der Waals surface area contributed by atoms with Crippen LogP contribution in [0.1, 0.15) is 0 Å². The van der Waals surface area contributed by atoms with Gasteiger partial charge in [-0.1, -0.05) is 36.4 Å². The van der Waals surface area contributed by atoms with Crippen LogP contribution in [0.4, 0.5) is 11.4 Å². The van der Waals surface area contributed by atoms with Crippen LogP contribution in [0.2, 0.25) is 0 Å². The monoisotopic (exact) mass is 267 g/mol. The van der Waals surface area contributed by atoms with Crippen LogP contribution in [0.25, 0.3) is 10.8 Å². The average Bonchev–Trinajstić information content (AvgIpc) is 2.91. The second kappa shape index (κ2) is 4.67. The van der Waals surface area contributed by atoms with Crippen molar-refractivity contribution in [3.05, 3.63) is 54.9 Å². The van der Waals surface area contributed by atoms with Crippen molar-refractivity contribution in [3.63, 3.8) is 0 Å². The van der Waals surface area contributed by atoms with E-state index < -0.39 is 0 Å². The molecule has 0 amide bonds. The molecule has 0 aliphatic rings. The van der Waals surface area contributed by atoms with Crippen molar-refractivity contribution in [2.24, 2.45) is 0 Å². The molecule has 0 aliphatic heterocycles. The van der Waals surface area contributed by atoms with Gasteiger partial charge in [0.25, 0.3) is 0 Å². The molecule has 1 heterocycles. The standard InChI is InChI=1S/C14H13N5O/c15-11-8-17-18(9-11)14(16)19(20)13-7-3-5-10-4-1-2-6-12(10)13/h1-9,16,20H,15H2. The van der Waals surface area contributed by atoms with E-state index in [0.29, 0.717) is 11.4 Å². The number of benzene rings is 2. The maximum Gasteiger partial charge on any atom is 0.248 e. The van der Waals surface area contributed by atoms with Gasteiger partial charge < -0.3 is 5.73 Å². The first kappa shape index (κ1) is 12.2. The van der Waals surface area contributed by atoms with Crippen molar-refractivity contribution in [3.8, 4) is 0 Å². The van der Waals surface area contributed by atoms with Crippen LogP contribution in [-0.2, 0) is 0 Å². The third-order valence-corrected chi connectivity index (χ3v) is 3.02. The first-order valence-electron chi connectivity index (χ1n) is 6.02. The molecule has 0 atom stereocenters. The lowest BCUT2D eigenvalue weighted by Gasteiger charge is -2.18. The highest BCUT2D eigenvalue weighted by molar-refractivity contribution is 6.02. The maximum atomic E-state index is 10.3. The predicted octanol–water partition coefficient (Wildman–Crippen LogP) is 2.30. The third-order valence-electron chi connectivity index (χ3n) is 3.02. The van der Waals surface area contributed by atoms with Crippen LogP contribution >= 0.6 is 0 Å². The van der Waals surface area contributed by atoms with E-state index in [0.717, 1.165) is 15.8 Å². The number of nitrogens with zero attached hydrogens (tertiary/aromatic N) is 3. The molecule has 6 nitrogen and oxygen atoms in total. The normalized spacial score (nSPS) is 10.7. The lowest BCUT2D eigenvalue weighted by molar-refractivity contribution is 0.307. The van der Waals surface area contributed by atoms with E-state index in [1.807, 2.05) is 36.4 Å². The number of nitrogen functional groups attached to an aromatic ring is 1. The van der Waals surface area contributed by atoms with Crippen LogP contribution in [0.5, 0.6) is 0 Å². The molecular weight excluding hydrogens is 254 g/mol. The molecule has 0 unspecified atom stereocenters. The Labute approximate surface area is 115 Å². The Morgan fingerprint density at radius 2 is 1.95 bits per heavy atom. The second-order valence-electron chi connectivity index (χ2n) is 4.35. The summed E-state index contributed by atoms with van der Waals surface area (Å²) >= 11 is 0. The first-order chi connectivity index (χ1) is 9.66. The van der Waals surface area contributed by atoms with Gasteiger partial charge in [0.05, 0.1) is 23.8 Å². The van der Waals surface area contributed by atoms with Gasteiger partial charge in [0.2, 0.25) is 5.96 Å². The molecule has 0 radical (unpaired) electrons. The molecule has 0 saturated carbocycles. The first-order valence-corrected chi connectivity index (χ1v) is 6.02. The van der Waals surface area contributed by atoms with Gasteiger partial charge in [0, 0.05) is 5.39 Å². The Morgan fingerprint density at radius 3 is 2.70 bits per heavy atom. The van der Waals surface area contributed by atoms with Crippen LogP contribution in [0, 0.1) is 5.41 Å². The Hall–Kier alpha value is -2.86. The molecule has 2 aromatic carbocycles. The summed E-state index contributed by atoms with van der Waals surface area (Å²) in [6, 6.07) is 13.2. The minimum absolute atomic E-state index is 0.196. The second-order valence-corrected chi connectivity index (χ2v) is 4.35. The van der Waals surface area contributed by atoms with E-state index in [4.69, 9.17) is 11.1 Å². The Kier molecular flexibility index (Phi) is 2.85. The van der Waals surface area contributed by atoms with E-state index >= 15 is 0 Å². The van der Waals surface area contributed by atoms with Crippen molar-refractivity contribution >= 4 is 28.1 Å². The van der Waals surface area contributed by atoms with Crippen LogP contribution < -0.4 is 10.8 Å². The summed E-state index contributed by atoms with van der Waals surface area (Å²) < 4.78 is 1.21. The van der Waals surface area contributed by atoms with E-state index in [1.54, 1.807) is 6.07 Å². The van der Waals surface area contributed by atoms with Gasteiger partial charge in [-0.15, -0.1) is 0 Å². The van der Waals surface area contributed by atoms with Crippen molar-refractivity contribution in [1.29, 1.82) is 5.41 Å². The molecule has 4 N–H and O–H groups in total. The highest BCUT2D eigenvalue weighted by Crippen LogP contribution is 2.25. The zero-order valence-corrected chi connectivity index (χ0v) is 10.6. The Balaban J connectivity index is 2.04. The molecule has 0 spiro atoms. The van der Waals surface area contributed by atoms with Crippen molar-refractivity contribution in [2.75, 3.05) is 10.8 Å². The minimum atomic E-state index is -0.196. The summed E-state index contributed by atoms with van der Waals surface area (Å²) in [7, 11) is 0. The molecule has 0 bridgehead atoms. The van der Waals surface area contributed by atoms with Gasteiger partial charge in [-0.3, -0.25) is 10.6 Å². The minimum Gasteiger partial charge on any atom is -0.396 e. The van der Waals surface area contributed by atoms with Crippen LogP contribution in [0.15, 0.2) is 54.9 Å². The van der Waals surface area contributed by atoms with Crippen molar-refractivity contribution in [1.82, 2.24) is 9.78 Å². The lowest BCUT2D eigenvalue weighted by Crippen LogP contribution is -2.32. The van der Waals surface area contributed by atoms with E-state index in [1.165, 1.54) is 17.1 Å². The highest BCUT2D eigenvalue weighted by atomic mass is 16.5. The summed E-state index contributed by atoms with van der Waals surface area (Å²) in [6.07, 6.45) is 2.89. The molecule has 0 fully saturated rings. The fourth-order valence-corrected chi connectivity index (χ4v) is 2.06. The molecule has 3 aromatic rings. The molecule has 1 aromatic heterocycles. The number of nitrogens with two attached hydrogens (primary N) is 1. The van der Waals surface area contributed by atoms with Gasteiger partial charge in [-0.25, -0.2) is 4.68 Å². The number of fused-ring (bicyclic) bond motifs is 1. The number of aromatic nitrogens is 2. The predicted molar refractivity (Wildman–Crippen MR) is 78.0 cm³/mol. The fraction of sp³-hybridized carbons (Fsp3) is 0. The molecule has 100 valence electrons. The zero-order valence-electron chi connectivity index (χ0n) is 10.6. The topological polar surface area (TPSA) is 91.2 Å². The van der Waals surface area contributed by atoms with Gasteiger partial charge in [-0.05, 0) is 11.5 Å². The number of rotatable bonds is 1. The Morgan fingerprint density at radius 1 is 1.20 bits per heavy atom. The van der Waals surface area contributed by atoms with Crippen LogP contribution in [0.3, 0.4) is 0 Å². The molecule has 20 heavy (non-hydrogen) atoms. The number of anilines is 2. The van der Waals surface area contributed by atoms with E-state index in [2.05, 4.69) is 5.10 Å². The summed E-state index contributed by atoms with van der Waals surface area (Å²) in [5.74, 6) is -0.196. The largest absolute Gasteiger partial charge is 0.396 e. The maximum absolute atomic E-state index is 10.3. The van der Waals surface area contributed by atoms with Crippen molar-refractivity contribution in [2.45, 2.75) is 0 Å². The average molecular weight is 267 g/mol. The zero-order chi connectivity index (χ0) is 14.1. The molecule has 3 rings (SSSR count). The van der Waals surface area contributed by atoms with E-state index in [9.17, 15) is 5.21 Å². The van der Waals surface area contributed by atoms with Gasteiger partial charge in [0.1, 0.15) is 0 Å². The highest BCUT2D eigenvalue weighted by Gasteiger charge is 2.14. The van der Waals surface area contributed by atoms with Gasteiger partial charge >= 0.3 is 0 Å². The fourth-order valence-electron chi connectivity index (χ4n) is 2.06. The lowest BCUT2D eigenvalue weighted by atomic mass is 10.1. The van der Waals surface area contributed by atoms with Gasteiger partial charge in [-0.2, -0.15) is 10.2 Å². The summed E-state index contributed by atoms with van der Waals surface area (Å²) in [4.78, 5) is 0. The number of nitrogens with one attached hydrogen (secondary N) is 1. The van der Waals surface area contributed by atoms with Crippen LogP contribution in [-0.4, -0.2) is 20.9 Å². The summed E-state index contributed by atoms with van der Waals surface area (Å²) in [5.41, 5.74) is 6.51. The quantitative estimate of drug-likeness (QED) is 0.358. The number of hydrogen-bond donors (Lipinski definition) is 3. The molecule has 0 aliphatic carbocycles. The number of hydrogen-bond acceptors (Lipinski definition) is 4. The Bertz CT molecular complexity index is 775. The van der Waals surface area contributed by atoms with Crippen molar-refractivity contribution < 1.29 is 5.21 Å². The van der Waals surface area contributed by atoms with Gasteiger partial charge in [0.15, 0.2) is 0 Å². The summed E-state index contributed by atoms with van der Waals surface area (Å²) in [6.45, 7) is 0. The number of hydroxylamine groups is 1.